The van der Waals surface area contributed by atoms with Crippen LogP contribution in [0.4, 0.5) is 0 Å². The minimum Gasteiger partial charge on any atom is -0.249 e. The number of rotatable bonds is 3. The van der Waals surface area contributed by atoms with Gasteiger partial charge in [-0.2, -0.15) is 0 Å². The monoisotopic (exact) mass is 215 g/mol. The van der Waals surface area contributed by atoms with Gasteiger partial charge < -0.3 is 0 Å². The largest absolute Gasteiger partial charge is 0.249 e. The fourth-order valence-electron chi connectivity index (χ4n) is 1.54. The Morgan fingerprint density at radius 1 is 1.20 bits per heavy atom. The minimum atomic E-state index is 0.610. The van der Waals surface area contributed by atoms with E-state index in [-0.39, 0.29) is 0 Å². The normalized spacial score (nSPS) is 10.3. The zero-order valence-corrected chi connectivity index (χ0v) is 9.92. The SMILES string of the molecule is CB(C)c1ccc(Cc2nccs2)cc1. The van der Waals surface area contributed by atoms with Crippen molar-refractivity contribution in [1.82, 2.24) is 4.98 Å². The third-order valence-corrected chi connectivity index (χ3v) is 3.26. The summed E-state index contributed by atoms with van der Waals surface area (Å²) in [5, 5.41) is 3.21. The second-order valence-corrected chi connectivity index (χ2v) is 4.98. The van der Waals surface area contributed by atoms with Crippen molar-refractivity contribution in [2.45, 2.75) is 20.1 Å². The predicted octanol–water partition coefficient (Wildman–Crippen LogP) is 2.70. The number of thiazole rings is 1. The zero-order chi connectivity index (χ0) is 10.7. The van der Waals surface area contributed by atoms with Crippen molar-refractivity contribution in [3.63, 3.8) is 0 Å². The Labute approximate surface area is 95.3 Å². The molecule has 0 aliphatic carbocycles. The summed E-state index contributed by atoms with van der Waals surface area (Å²) in [7, 11) is 0. The van der Waals surface area contributed by atoms with Gasteiger partial charge in [-0.1, -0.05) is 43.4 Å². The van der Waals surface area contributed by atoms with Crippen molar-refractivity contribution >= 4 is 23.5 Å². The van der Waals surface area contributed by atoms with Crippen molar-refractivity contribution in [3.8, 4) is 0 Å². The lowest BCUT2D eigenvalue weighted by Gasteiger charge is -2.03. The van der Waals surface area contributed by atoms with E-state index in [1.165, 1.54) is 16.0 Å². The minimum absolute atomic E-state index is 0.610. The van der Waals surface area contributed by atoms with Crippen LogP contribution in [-0.2, 0) is 6.42 Å². The number of hydrogen-bond acceptors (Lipinski definition) is 2. The Kier molecular flexibility index (Phi) is 3.22. The van der Waals surface area contributed by atoms with Gasteiger partial charge in [0, 0.05) is 18.0 Å². The summed E-state index contributed by atoms with van der Waals surface area (Å²) < 4.78 is 0. The number of nitrogens with zero attached hydrogens (tertiary/aromatic N) is 1. The first kappa shape index (κ1) is 10.4. The summed E-state index contributed by atoms with van der Waals surface area (Å²) in [6, 6.07) is 8.84. The highest BCUT2D eigenvalue weighted by Crippen LogP contribution is 2.10. The van der Waals surface area contributed by atoms with Crippen LogP contribution in [0.1, 0.15) is 10.6 Å². The van der Waals surface area contributed by atoms with Crippen LogP contribution >= 0.6 is 11.3 Å². The van der Waals surface area contributed by atoms with Gasteiger partial charge >= 0.3 is 0 Å². The van der Waals surface area contributed by atoms with E-state index in [1.807, 2.05) is 11.6 Å². The molecule has 0 saturated carbocycles. The van der Waals surface area contributed by atoms with Gasteiger partial charge in [-0.3, -0.25) is 0 Å². The van der Waals surface area contributed by atoms with Crippen LogP contribution in [0.5, 0.6) is 0 Å². The molecule has 0 N–H and O–H groups in total. The molecule has 0 aliphatic rings. The molecule has 0 bridgehead atoms. The molecule has 0 fully saturated rings. The Hall–Kier alpha value is -1.09. The molecule has 1 heterocycles. The lowest BCUT2D eigenvalue weighted by atomic mass is 9.49. The second kappa shape index (κ2) is 4.62. The van der Waals surface area contributed by atoms with Crippen molar-refractivity contribution in [2.24, 2.45) is 0 Å². The van der Waals surface area contributed by atoms with Crippen LogP contribution in [-0.4, -0.2) is 11.7 Å². The molecule has 1 aromatic heterocycles. The van der Waals surface area contributed by atoms with Gasteiger partial charge in [0.25, 0.3) is 0 Å². The van der Waals surface area contributed by atoms with E-state index in [2.05, 4.69) is 42.9 Å². The predicted molar refractivity (Wildman–Crippen MR) is 68.5 cm³/mol. The Bertz CT molecular complexity index is 406. The number of aromatic nitrogens is 1. The van der Waals surface area contributed by atoms with Gasteiger partial charge in [-0.25, -0.2) is 4.98 Å². The van der Waals surface area contributed by atoms with Gasteiger partial charge in [-0.05, 0) is 5.56 Å². The molecule has 2 rings (SSSR count). The van der Waals surface area contributed by atoms with E-state index in [1.54, 1.807) is 11.3 Å². The van der Waals surface area contributed by atoms with Crippen LogP contribution in [0.3, 0.4) is 0 Å². The standard InChI is InChI=1S/C12H14BNS/c1-13(2)11-5-3-10(4-6-11)9-12-14-7-8-15-12/h3-8H,9H2,1-2H3. The van der Waals surface area contributed by atoms with E-state index in [9.17, 15) is 0 Å². The topological polar surface area (TPSA) is 12.9 Å². The number of benzene rings is 1. The molecule has 0 spiro atoms. The summed E-state index contributed by atoms with van der Waals surface area (Å²) >= 11 is 1.72. The van der Waals surface area contributed by atoms with Crippen LogP contribution in [0, 0.1) is 0 Å². The summed E-state index contributed by atoms with van der Waals surface area (Å²) in [6.07, 6.45) is 2.82. The Morgan fingerprint density at radius 2 is 1.93 bits per heavy atom. The molecule has 0 radical (unpaired) electrons. The lowest BCUT2D eigenvalue weighted by molar-refractivity contribution is 1.14. The average molecular weight is 215 g/mol. The van der Waals surface area contributed by atoms with Crippen molar-refractivity contribution in [1.29, 1.82) is 0 Å². The number of hydrogen-bond donors (Lipinski definition) is 0. The fourth-order valence-corrected chi connectivity index (χ4v) is 2.19. The molecular weight excluding hydrogens is 201 g/mol. The van der Waals surface area contributed by atoms with Gasteiger partial charge in [0.1, 0.15) is 0 Å². The molecular formula is C12H14BNS. The molecule has 1 aromatic carbocycles. The van der Waals surface area contributed by atoms with Crippen molar-refractivity contribution in [2.75, 3.05) is 0 Å². The lowest BCUT2D eigenvalue weighted by Crippen LogP contribution is -2.21. The van der Waals surface area contributed by atoms with Crippen LogP contribution in [0.25, 0.3) is 0 Å². The molecule has 0 atom stereocenters. The van der Waals surface area contributed by atoms with Crippen molar-refractivity contribution < 1.29 is 0 Å². The Balaban J connectivity index is 2.11. The van der Waals surface area contributed by atoms with Crippen molar-refractivity contribution in [3.05, 3.63) is 46.4 Å². The van der Waals surface area contributed by atoms with E-state index in [0.29, 0.717) is 6.71 Å². The maximum absolute atomic E-state index is 4.29. The quantitative estimate of drug-likeness (QED) is 0.717. The maximum atomic E-state index is 4.29. The molecule has 76 valence electrons. The summed E-state index contributed by atoms with van der Waals surface area (Å²) in [4.78, 5) is 4.29. The third-order valence-electron chi connectivity index (χ3n) is 2.49. The molecule has 3 heteroatoms. The van der Waals surface area contributed by atoms with E-state index in [4.69, 9.17) is 0 Å². The van der Waals surface area contributed by atoms with Gasteiger partial charge in [0.05, 0.1) is 5.01 Å². The summed E-state index contributed by atoms with van der Waals surface area (Å²) in [5.74, 6) is 0. The van der Waals surface area contributed by atoms with Gasteiger partial charge in [0.15, 0.2) is 6.71 Å². The summed E-state index contributed by atoms with van der Waals surface area (Å²) in [6.45, 7) is 5.05. The molecule has 0 unspecified atom stereocenters. The highest BCUT2D eigenvalue weighted by molar-refractivity contribution is 7.09. The Morgan fingerprint density at radius 3 is 2.47 bits per heavy atom. The third kappa shape index (κ3) is 2.69. The average Bonchev–Trinajstić information content (AvgIpc) is 2.71. The molecule has 0 aliphatic heterocycles. The van der Waals surface area contributed by atoms with Gasteiger partial charge in [-0.15, -0.1) is 11.3 Å². The second-order valence-electron chi connectivity index (χ2n) is 4.00. The highest BCUT2D eigenvalue weighted by Gasteiger charge is 2.03. The summed E-state index contributed by atoms with van der Waals surface area (Å²) in [5.41, 5.74) is 2.74. The van der Waals surface area contributed by atoms with Crippen LogP contribution in [0.15, 0.2) is 35.8 Å². The van der Waals surface area contributed by atoms with E-state index in [0.717, 1.165) is 6.42 Å². The van der Waals surface area contributed by atoms with Crippen LogP contribution in [0.2, 0.25) is 13.6 Å². The van der Waals surface area contributed by atoms with E-state index < -0.39 is 0 Å². The molecule has 2 aromatic rings. The molecule has 0 saturated heterocycles. The maximum Gasteiger partial charge on any atom is 0.169 e. The van der Waals surface area contributed by atoms with E-state index >= 15 is 0 Å². The molecule has 1 nitrogen and oxygen atoms in total. The first-order valence-corrected chi connectivity index (χ1v) is 6.11. The molecule has 0 amide bonds. The van der Waals surface area contributed by atoms with Gasteiger partial charge in [0.2, 0.25) is 0 Å². The first-order chi connectivity index (χ1) is 7.25. The first-order valence-electron chi connectivity index (χ1n) is 5.23. The smallest absolute Gasteiger partial charge is 0.169 e. The fraction of sp³-hybridized carbons (Fsp3) is 0.250. The molecule has 15 heavy (non-hydrogen) atoms. The highest BCUT2D eigenvalue weighted by atomic mass is 32.1. The zero-order valence-electron chi connectivity index (χ0n) is 9.10. The van der Waals surface area contributed by atoms with Crippen LogP contribution < -0.4 is 5.46 Å².